The van der Waals surface area contributed by atoms with Gasteiger partial charge in [0.05, 0.1) is 0 Å². The molecule has 0 saturated heterocycles. The van der Waals surface area contributed by atoms with Crippen LogP contribution in [0, 0.1) is 0 Å². The Morgan fingerprint density at radius 1 is 0.909 bits per heavy atom. The Bertz CT molecular complexity index is 907. The highest BCUT2D eigenvalue weighted by Crippen LogP contribution is 2.44. The zero-order chi connectivity index (χ0) is 14.7. The van der Waals surface area contributed by atoms with E-state index in [9.17, 15) is 0 Å². The molecule has 22 heavy (non-hydrogen) atoms. The third-order valence-electron chi connectivity index (χ3n) is 5.39. The molecule has 1 aliphatic carbocycles. The average molecular weight is 285 g/mol. The van der Waals surface area contributed by atoms with Gasteiger partial charge in [0.25, 0.3) is 0 Å². The van der Waals surface area contributed by atoms with Crippen molar-refractivity contribution in [3.8, 4) is 11.1 Å². The highest BCUT2D eigenvalue weighted by Gasteiger charge is 2.27. The van der Waals surface area contributed by atoms with Gasteiger partial charge in [0, 0.05) is 18.8 Å². The average Bonchev–Trinajstić information content (AvgIpc) is 3.13. The number of anilines is 1. The van der Waals surface area contributed by atoms with Crippen LogP contribution in [0.1, 0.15) is 23.6 Å². The molecule has 1 heteroatoms. The van der Waals surface area contributed by atoms with E-state index in [-0.39, 0.29) is 0 Å². The Hall–Kier alpha value is -2.28. The van der Waals surface area contributed by atoms with Crippen LogP contribution in [0.2, 0.25) is 0 Å². The summed E-state index contributed by atoms with van der Waals surface area (Å²) in [5.74, 6) is 0. The quantitative estimate of drug-likeness (QED) is 0.486. The van der Waals surface area contributed by atoms with E-state index in [0.717, 1.165) is 13.0 Å². The fourth-order valence-electron chi connectivity index (χ4n) is 4.28. The van der Waals surface area contributed by atoms with E-state index in [1.54, 1.807) is 11.1 Å². The molecule has 0 bridgehead atoms. The maximum Gasteiger partial charge on any atom is 0.0402 e. The first-order valence-electron chi connectivity index (χ1n) is 8.27. The number of fused-ring (bicyclic) bond motifs is 6. The van der Waals surface area contributed by atoms with Gasteiger partial charge >= 0.3 is 0 Å². The summed E-state index contributed by atoms with van der Waals surface area (Å²) < 4.78 is 0. The summed E-state index contributed by atoms with van der Waals surface area (Å²) >= 11 is 0. The molecule has 108 valence electrons. The summed E-state index contributed by atoms with van der Waals surface area (Å²) in [4.78, 5) is 2.51. The van der Waals surface area contributed by atoms with Crippen LogP contribution in [0.15, 0.2) is 48.5 Å². The lowest BCUT2D eigenvalue weighted by Crippen LogP contribution is -2.18. The topological polar surface area (TPSA) is 3.24 Å². The minimum Gasteiger partial charge on any atom is -0.371 e. The van der Waals surface area contributed by atoms with Crippen molar-refractivity contribution in [1.29, 1.82) is 0 Å². The largest absolute Gasteiger partial charge is 0.371 e. The van der Waals surface area contributed by atoms with Crippen molar-refractivity contribution in [2.45, 2.75) is 19.8 Å². The molecule has 0 atom stereocenters. The SMILES string of the molecule is CCN1CCc2c1ccc1c2Cc2cc3ccccc3cc2-1. The number of nitrogens with zero attached hydrogens (tertiary/aromatic N) is 1. The standard InChI is InChI=1S/C21H19N/c1-2-22-10-9-18-20-13-16-11-14-5-3-4-6-15(14)12-19(16)17(20)7-8-21(18)22/h3-8,11-12H,2,9-10,13H2,1H3. The fraction of sp³-hybridized carbons (Fsp3) is 0.238. The van der Waals surface area contributed by atoms with Crippen molar-refractivity contribution in [3.05, 3.63) is 65.2 Å². The molecule has 0 amide bonds. The normalized spacial score (nSPS) is 15.0. The third kappa shape index (κ3) is 1.54. The predicted octanol–water partition coefficient (Wildman–Crippen LogP) is 4.79. The van der Waals surface area contributed by atoms with Gasteiger partial charge in [-0.15, -0.1) is 0 Å². The Kier molecular flexibility index (Phi) is 2.43. The van der Waals surface area contributed by atoms with E-state index in [0.29, 0.717) is 0 Å². The molecule has 0 unspecified atom stereocenters. The Labute approximate surface area is 131 Å². The van der Waals surface area contributed by atoms with Gasteiger partial charge < -0.3 is 4.90 Å². The maximum atomic E-state index is 2.51. The molecule has 0 aromatic heterocycles. The van der Waals surface area contributed by atoms with Crippen LogP contribution in [0.5, 0.6) is 0 Å². The summed E-state index contributed by atoms with van der Waals surface area (Å²) in [6.07, 6.45) is 2.32. The summed E-state index contributed by atoms with van der Waals surface area (Å²) in [7, 11) is 0. The van der Waals surface area contributed by atoms with Crippen LogP contribution >= 0.6 is 0 Å². The van der Waals surface area contributed by atoms with Crippen molar-refractivity contribution >= 4 is 16.5 Å². The van der Waals surface area contributed by atoms with Crippen molar-refractivity contribution in [3.63, 3.8) is 0 Å². The molecule has 0 saturated carbocycles. The summed E-state index contributed by atoms with van der Waals surface area (Å²) in [6.45, 7) is 4.55. The number of likely N-dealkylation sites (N-methyl/N-ethyl adjacent to an activating group) is 1. The first-order chi connectivity index (χ1) is 10.8. The van der Waals surface area contributed by atoms with Gasteiger partial charge in [-0.25, -0.2) is 0 Å². The van der Waals surface area contributed by atoms with E-state index >= 15 is 0 Å². The summed E-state index contributed by atoms with van der Waals surface area (Å²) in [6, 6.07) is 18.2. The summed E-state index contributed by atoms with van der Waals surface area (Å²) in [5, 5.41) is 2.71. The van der Waals surface area contributed by atoms with Crippen LogP contribution in [0.3, 0.4) is 0 Å². The zero-order valence-corrected chi connectivity index (χ0v) is 12.9. The van der Waals surface area contributed by atoms with Crippen LogP contribution in [0.4, 0.5) is 5.69 Å². The van der Waals surface area contributed by atoms with E-state index in [1.165, 1.54) is 46.1 Å². The van der Waals surface area contributed by atoms with Gasteiger partial charge in [-0.05, 0) is 70.5 Å². The Morgan fingerprint density at radius 2 is 1.73 bits per heavy atom. The minimum absolute atomic E-state index is 1.11. The second kappa shape index (κ2) is 4.36. The van der Waals surface area contributed by atoms with Crippen LogP contribution in [-0.4, -0.2) is 13.1 Å². The number of rotatable bonds is 1. The summed E-state index contributed by atoms with van der Waals surface area (Å²) in [5.41, 5.74) is 9.07. The maximum absolute atomic E-state index is 2.51. The van der Waals surface area contributed by atoms with Crippen molar-refractivity contribution in [2.75, 3.05) is 18.0 Å². The highest BCUT2D eigenvalue weighted by molar-refractivity contribution is 5.93. The first kappa shape index (κ1) is 12.3. The van der Waals surface area contributed by atoms with Gasteiger partial charge in [-0.1, -0.05) is 36.4 Å². The predicted molar refractivity (Wildman–Crippen MR) is 93.8 cm³/mol. The smallest absolute Gasteiger partial charge is 0.0402 e. The van der Waals surface area contributed by atoms with Gasteiger partial charge in [-0.2, -0.15) is 0 Å². The van der Waals surface area contributed by atoms with Gasteiger partial charge in [-0.3, -0.25) is 0 Å². The van der Waals surface area contributed by atoms with E-state index in [4.69, 9.17) is 0 Å². The van der Waals surface area contributed by atoms with Gasteiger partial charge in [0.1, 0.15) is 0 Å². The molecule has 1 heterocycles. The van der Waals surface area contributed by atoms with E-state index < -0.39 is 0 Å². The van der Waals surface area contributed by atoms with Crippen LogP contribution in [-0.2, 0) is 12.8 Å². The van der Waals surface area contributed by atoms with E-state index in [2.05, 4.69) is 60.4 Å². The lowest BCUT2D eigenvalue weighted by Gasteiger charge is -2.17. The minimum atomic E-state index is 1.11. The number of hydrogen-bond acceptors (Lipinski definition) is 1. The molecule has 1 aliphatic heterocycles. The number of hydrogen-bond donors (Lipinski definition) is 0. The lowest BCUT2D eigenvalue weighted by molar-refractivity contribution is 0.867. The second-order valence-corrected chi connectivity index (χ2v) is 6.45. The molecule has 1 nitrogen and oxygen atoms in total. The van der Waals surface area contributed by atoms with E-state index in [1.807, 2.05) is 0 Å². The molecular formula is C21H19N. The molecule has 0 N–H and O–H groups in total. The highest BCUT2D eigenvalue weighted by atomic mass is 15.1. The van der Waals surface area contributed by atoms with Crippen molar-refractivity contribution in [2.24, 2.45) is 0 Å². The van der Waals surface area contributed by atoms with Gasteiger partial charge in [0.2, 0.25) is 0 Å². The molecule has 0 fully saturated rings. The van der Waals surface area contributed by atoms with Crippen LogP contribution < -0.4 is 4.90 Å². The second-order valence-electron chi connectivity index (χ2n) is 6.45. The number of benzene rings is 3. The van der Waals surface area contributed by atoms with Crippen LogP contribution in [0.25, 0.3) is 21.9 Å². The molecule has 3 aromatic carbocycles. The molecular weight excluding hydrogens is 266 g/mol. The van der Waals surface area contributed by atoms with Crippen molar-refractivity contribution in [1.82, 2.24) is 0 Å². The monoisotopic (exact) mass is 285 g/mol. The Morgan fingerprint density at radius 3 is 2.55 bits per heavy atom. The molecule has 0 spiro atoms. The fourth-order valence-corrected chi connectivity index (χ4v) is 4.28. The van der Waals surface area contributed by atoms with Gasteiger partial charge in [0.15, 0.2) is 0 Å². The van der Waals surface area contributed by atoms with Crippen molar-refractivity contribution < 1.29 is 0 Å². The first-order valence-corrected chi connectivity index (χ1v) is 8.27. The zero-order valence-electron chi connectivity index (χ0n) is 12.9. The molecule has 0 radical (unpaired) electrons. The Balaban J connectivity index is 1.73. The molecule has 3 aromatic rings. The third-order valence-corrected chi connectivity index (χ3v) is 5.39. The molecule has 5 rings (SSSR count). The molecule has 2 aliphatic rings. The lowest BCUT2D eigenvalue weighted by atomic mass is 9.98.